The van der Waals surface area contributed by atoms with Crippen LogP contribution in [0.1, 0.15) is 12.5 Å². The first kappa shape index (κ1) is 14.1. The van der Waals surface area contributed by atoms with Gasteiger partial charge in [-0.3, -0.25) is 9.59 Å². The minimum Gasteiger partial charge on any atom is -0.378 e. The molecule has 5 heteroatoms. The number of amides is 1. The second-order valence-corrected chi connectivity index (χ2v) is 4.96. The molecule has 0 radical (unpaired) electrons. The number of rotatable bonds is 5. The van der Waals surface area contributed by atoms with Crippen LogP contribution in [0.15, 0.2) is 29.1 Å². The van der Waals surface area contributed by atoms with Gasteiger partial charge in [-0.15, -0.1) is 0 Å². The lowest BCUT2D eigenvalue weighted by Crippen LogP contribution is -2.25. The van der Waals surface area contributed by atoms with Crippen molar-refractivity contribution in [2.75, 3.05) is 25.5 Å². The Labute approximate surface area is 117 Å². The van der Waals surface area contributed by atoms with Gasteiger partial charge in [0.1, 0.15) is 0 Å². The van der Waals surface area contributed by atoms with Crippen molar-refractivity contribution in [3.63, 3.8) is 0 Å². The number of benzene rings is 1. The molecular weight excluding hydrogens is 254 g/mol. The molecule has 5 nitrogen and oxygen atoms in total. The van der Waals surface area contributed by atoms with Crippen LogP contribution < -0.4 is 10.5 Å². The van der Waals surface area contributed by atoms with Gasteiger partial charge in [-0.2, -0.15) is 0 Å². The van der Waals surface area contributed by atoms with E-state index in [0.717, 1.165) is 23.0 Å². The molecule has 106 valence electrons. The van der Waals surface area contributed by atoms with Gasteiger partial charge in [-0.1, -0.05) is 6.07 Å². The van der Waals surface area contributed by atoms with E-state index in [1.54, 1.807) is 4.90 Å². The highest BCUT2D eigenvalue weighted by Gasteiger charge is 2.07. The van der Waals surface area contributed by atoms with Gasteiger partial charge in [0, 0.05) is 31.9 Å². The van der Waals surface area contributed by atoms with E-state index in [-0.39, 0.29) is 5.56 Å². The normalized spacial score (nSPS) is 10.6. The molecule has 2 aromatic rings. The summed E-state index contributed by atoms with van der Waals surface area (Å²) in [4.78, 5) is 29.3. The maximum Gasteiger partial charge on any atom is 0.253 e. The largest absolute Gasteiger partial charge is 0.378 e. The Hall–Kier alpha value is -2.30. The van der Waals surface area contributed by atoms with Crippen LogP contribution in [0, 0.1) is 0 Å². The lowest BCUT2D eigenvalue weighted by molar-refractivity contribution is -0.118. The number of aromatic amines is 1. The number of hydrogen-bond acceptors (Lipinski definition) is 3. The van der Waals surface area contributed by atoms with Crippen molar-refractivity contribution in [1.82, 2.24) is 9.88 Å². The number of carbonyl (C=O) groups excluding carboxylic acids is 1. The number of nitrogens with zero attached hydrogens (tertiary/aromatic N) is 2. The van der Waals surface area contributed by atoms with E-state index >= 15 is 0 Å². The maximum atomic E-state index is 12.1. The van der Waals surface area contributed by atoms with Gasteiger partial charge < -0.3 is 14.8 Å². The predicted molar refractivity (Wildman–Crippen MR) is 81.0 cm³/mol. The van der Waals surface area contributed by atoms with Gasteiger partial charge in [0.2, 0.25) is 6.41 Å². The zero-order valence-corrected chi connectivity index (χ0v) is 12.0. The summed E-state index contributed by atoms with van der Waals surface area (Å²) in [6.45, 7) is 2.80. The molecule has 0 aliphatic rings. The van der Waals surface area contributed by atoms with E-state index in [2.05, 4.69) is 4.98 Å². The Morgan fingerprint density at radius 1 is 1.25 bits per heavy atom. The van der Waals surface area contributed by atoms with E-state index in [4.69, 9.17) is 0 Å². The minimum atomic E-state index is -0.145. The third kappa shape index (κ3) is 2.82. The van der Waals surface area contributed by atoms with Crippen molar-refractivity contribution in [3.8, 4) is 0 Å². The van der Waals surface area contributed by atoms with Crippen molar-refractivity contribution < 1.29 is 4.79 Å². The van der Waals surface area contributed by atoms with Crippen LogP contribution in [0.5, 0.6) is 0 Å². The highest BCUT2D eigenvalue weighted by Crippen LogP contribution is 2.19. The Kier molecular flexibility index (Phi) is 4.08. The number of H-pyrrole nitrogens is 1. The standard InChI is InChI=1S/C15H19N3O2/c1-4-18(10-19)9-12-7-11-5-6-13(17(2)3)8-14(11)16-15(12)20/h5-8,10H,4,9H2,1-3H3,(H,16,20). The van der Waals surface area contributed by atoms with Crippen LogP contribution in [-0.4, -0.2) is 36.9 Å². The Balaban J connectivity index is 2.45. The summed E-state index contributed by atoms with van der Waals surface area (Å²) in [5.74, 6) is 0. The molecule has 1 aromatic carbocycles. The Morgan fingerprint density at radius 3 is 2.60 bits per heavy atom. The molecule has 0 spiro atoms. The van der Waals surface area contributed by atoms with Gasteiger partial charge >= 0.3 is 0 Å². The molecular formula is C15H19N3O2. The SMILES string of the molecule is CCN(C=O)Cc1cc2ccc(N(C)C)cc2[nH]c1=O. The third-order valence-corrected chi connectivity index (χ3v) is 3.35. The lowest BCUT2D eigenvalue weighted by Gasteiger charge is -2.15. The summed E-state index contributed by atoms with van der Waals surface area (Å²) in [5.41, 5.74) is 2.29. The maximum absolute atomic E-state index is 12.1. The van der Waals surface area contributed by atoms with E-state index < -0.39 is 0 Å². The lowest BCUT2D eigenvalue weighted by atomic mass is 10.1. The molecule has 0 fully saturated rings. The second-order valence-electron chi connectivity index (χ2n) is 4.96. The molecule has 0 bridgehead atoms. The topological polar surface area (TPSA) is 56.4 Å². The smallest absolute Gasteiger partial charge is 0.253 e. The van der Waals surface area contributed by atoms with Gasteiger partial charge in [-0.05, 0) is 30.5 Å². The zero-order chi connectivity index (χ0) is 14.7. The van der Waals surface area contributed by atoms with Crippen molar-refractivity contribution in [3.05, 3.63) is 40.2 Å². The van der Waals surface area contributed by atoms with Crippen LogP contribution in [0.3, 0.4) is 0 Å². The average Bonchev–Trinajstić information content (AvgIpc) is 2.44. The van der Waals surface area contributed by atoms with Crippen LogP contribution in [0.25, 0.3) is 10.9 Å². The van der Waals surface area contributed by atoms with E-state index in [0.29, 0.717) is 18.7 Å². The van der Waals surface area contributed by atoms with Crippen molar-refractivity contribution in [2.45, 2.75) is 13.5 Å². The summed E-state index contributed by atoms with van der Waals surface area (Å²) in [7, 11) is 3.91. The number of hydrogen-bond donors (Lipinski definition) is 1. The number of nitrogens with one attached hydrogen (secondary N) is 1. The van der Waals surface area contributed by atoms with Gasteiger partial charge in [0.15, 0.2) is 0 Å². The van der Waals surface area contributed by atoms with Crippen LogP contribution in [-0.2, 0) is 11.3 Å². The summed E-state index contributed by atoms with van der Waals surface area (Å²) >= 11 is 0. The minimum absolute atomic E-state index is 0.145. The molecule has 0 aliphatic carbocycles. The highest BCUT2D eigenvalue weighted by atomic mass is 16.1. The molecule has 0 saturated carbocycles. The fourth-order valence-corrected chi connectivity index (χ4v) is 2.07. The monoisotopic (exact) mass is 273 g/mol. The van der Waals surface area contributed by atoms with Gasteiger partial charge in [0.25, 0.3) is 5.56 Å². The number of carbonyl (C=O) groups is 1. The molecule has 0 atom stereocenters. The van der Waals surface area contributed by atoms with Crippen LogP contribution in [0.2, 0.25) is 0 Å². The quantitative estimate of drug-likeness (QED) is 0.841. The molecule has 0 aliphatic heterocycles. The predicted octanol–water partition coefficient (Wildman–Crippen LogP) is 1.57. The molecule has 1 N–H and O–H groups in total. The van der Waals surface area contributed by atoms with Crippen molar-refractivity contribution in [2.24, 2.45) is 0 Å². The van der Waals surface area contributed by atoms with E-state index in [1.807, 2.05) is 50.2 Å². The molecule has 1 amide bonds. The Morgan fingerprint density at radius 2 is 2.00 bits per heavy atom. The first-order valence-corrected chi connectivity index (χ1v) is 6.57. The van der Waals surface area contributed by atoms with Crippen LogP contribution in [0.4, 0.5) is 5.69 Å². The van der Waals surface area contributed by atoms with Crippen LogP contribution >= 0.6 is 0 Å². The van der Waals surface area contributed by atoms with Crippen molar-refractivity contribution >= 4 is 23.0 Å². The summed E-state index contributed by atoms with van der Waals surface area (Å²) in [6.07, 6.45) is 0.763. The van der Waals surface area contributed by atoms with Crippen molar-refractivity contribution in [1.29, 1.82) is 0 Å². The summed E-state index contributed by atoms with van der Waals surface area (Å²) in [5, 5.41) is 0.965. The average molecular weight is 273 g/mol. The molecule has 2 rings (SSSR count). The number of pyridine rings is 1. The second kappa shape index (κ2) is 5.77. The van der Waals surface area contributed by atoms with E-state index in [1.165, 1.54) is 0 Å². The first-order chi connectivity index (χ1) is 9.55. The molecule has 20 heavy (non-hydrogen) atoms. The zero-order valence-electron chi connectivity index (χ0n) is 12.0. The van der Waals surface area contributed by atoms with Gasteiger partial charge in [0.05, 0.1) is 12.1 Å². The number of anilines is 1. The number of aromatic nitrogens is 1. The van der Waals surface area contributed by atoms with Gasteiger partial charge in [-0.25, -0.2) is 0 Å². The molecule has 0 unspecified atom stereocenters. The Bertz CT molecular complexity index is 676. The molecule has 1 aromatic heterocycles. The third-order valence-electron chi connectivity index (χ3n) is 3.35. The summed E-state index contributed by atoms with van der Waals surface area (Å²) in [6, 6.07) is 7.76. The molecule has 0 saturated heterocycles. The highest BCUT2D eigenvalue weighted by molar-refractivity contribution is 5.82. The number of fused-ring (bicyclic) bond motifs is 1. The first-order valence-electron chi connectivity index (χ1n) is 6.57. The fraction of sp³-hybridized carbons (Fsp3) is 0.333. The molecule has 1 heterocycles. The summed E-state index contributed by atoms with van der Waals surface area (Å²) < 4.78 is 0. The fourth-order valence-electron chi connectivity index (χ4n) is 2.07. The van der Waals surface area contributed by atoms with E-state index in [9.17, 15) is 9.59 Å².